The van der Waals surface area contributed by atoms with E-state index in [2.05, 4.69) is 0 Å². The second-order valence-corrected chi connectivity index (χ2v) is 5.20. The van der Waals surface area contributed by atoms with Crippen LogP contribution in [0.1, 0.15) is 23.5 Å². The molecule has 2 atom stereocenters. The highest BCUT2D eigenvalue weighted by Crippen LogP contribution is 2.28. The topological polar surface area (TPSA) is 92.9 Å². The van der Waals surface area contributed by atoms with Gasteiger partial charge in [0.2, 0.25) is 5.91 Å². The lowest BCUT2D eigenvalue weighted by Gasteiger charge is -2.34. The van der Waals surface area contributed by atoms with Crippen molar-refractivity contribution in [2.75, 3.05) is 20.3 Å². The summed E-state index contributed by atoms with van der Waals surface area (Å²) in [6.07, 6.45) is 0.422. The molecule has 2 rings (SSSR count). The third-order valence-electron chi connectivity index (χ3n) is 3.75. The molecule has 1 heterocycles. The van der Waals surface area contributed by atoms with E-state index in [1.54, 1.807) is 13.2 Å². The lowest BCUT2D eigenvalue weighted by atomic mass is 9.89. The van der Waals surface area contributed by atoms with Crippen LogP contribution in [0.15, 0.2) is 24.3 Å². The zero-order chi connectivity index (χ0) is 15.4. The normalized spacial score (nSPS) is 19.0. The molecule has 0 spiro atoms. The van der Waals surface area contributed by atoms with Gasteiger partial charge in [0.15, 0.2) is 0 Å². The first-order chi connectivity index (χ1) is 10.0. The summed E-state index contributed by atoms with van der Waals surface area (Å²) in [5, 5.41) is 9.38. The quantitative estimate of drug-likeness (QED) is 0.827. The van der Waals surface area contributed by atoms with Gasteiger partial charge in [0.1, 0.15) is 0 Å². The summed E-state index contributed by atoms with van der Waals surface area (Å²) in [6, 6.07) is 6.66. The fraction of sp³-hybridized carbons (Fsp3) is 0.467. The molecule has 114 valence electrons. The van der Waals surface area contributed by atoms with Crippen LogP contribution >= 0.6 is 0 Å². The van der Waals surface area contributed by atoms with Crippen molar-refractivity contribution in [1.82, 2.24) is 4.90 Å². The molecule has 1 aliphatic rings. The monoisotopic (exact) mass is 292 g/mol. The van der Waals surface area contributed by atoms with E-state index in [0.717, 1.165) is 11.1 Å². The molecule has 0 radical (unpaired) electrons. The van der Waals surface area contributed by atoms with Gasteiger partial charge in [-0.3, -0.25) is 9.59 Å². The average molecular weight is 292 g/mol. The zero-order valence-electron chi connectivity index (χ0n) is 12.0. The molecule has 2 unspecified atom stereocenters. The highest BCUT2D eigenvalue weighted by atomic mass is 16.5. The molecule has 1 aromatic carbocycles. The van der Waals surface area contributed by atoms with Crippen molar-refractivity contribution < 1.29 is 19.4 Å². The van der Waals surface area contributed by atoms with E-state index in [9.17, 15) is 14.7 Å². The molecule has 3 N–H and O–H groups in total. The minimum Gasteiger partial charge on any atom is -0.481 e. The number of carbonyl (C=O) groups excluding carboxylic acids is 1. The Morgan fingerprint density at radius 1 is 1.48 bits per heavy atom. The van der Waals surface area contributed by atoms with Crippen LogP contribution in [0.3, 0.4) is 0 Å². The molecule has 6 heteroatoms. The molecular formula is C15H20N2O4. The number of carbonyl (C=O) groups is 2. The molecule has 1 aliphatic heterocycles. The van der Waals surface area contributed by atoms with E-state index < -0.39 is 17.9 Å². The number of rotatable bonds is 5. The Morgan fingerprint density at radius 2 is 2.19 bits per heavy atom. The Balaban J connectivity index is 2.17. The molecule has 0 saturated carbocycles. The SMILES string of the molecule is COCCC(N)C(=O)N1Cc2ccccc2C(C(=O)O)C1. The number of hydrogen-bond donors (Lipinski definition) is 2. The summed E-state index contributed by atoms with van der Waals surface area (Å²) < 4.78 is 4.92. The highest BCUT2D eigenvalue weighted by Gasteiger charge is 2.33. The van der Waals surface area contributed by atoms with Gasteiger partial charge >= 0.3 is 5.97 Å². The second-order valence-electron chi connectivity index (χ2n) is 5.20. The molecule has 0 bridgehead atoms. The first-order valence-corrected chi connectivity index (χ1v) is 6.88. The van der Waals surface area contributed by atoms with Crippen molar-refractivity contribution in [3.63, 3.8) is 0 Å². The third kappa shape index (κ3) is 3.40. The maximum Gasteiger partial charge on any atom is 0.312 e. The predicted octanol–water partition coefficient (Wildman–Crippen LogP) is 0.561. The summed E-state index contributed by atoms with van der Waals surface area (Å²) in [4.78, 5) is 25.3. The molecule has 1 aromatic rings. The number of ether oxygens (including phenoxy) is 1. The summed E-state index contributed by atoms with van der Waals surface area (Å²) in [6.45, 7) is 0.963. The number of nitrogens with two attached hydrogens (primary N) is 1. The van der Waals surface area contributed by atoms with Crippen molar-refractivity contribution >= 4 is 11.9 Å². The van der Waals surface area contributed by atoms with Crippen molar-refractivity contribution in [2.24, 2.45) is 5.73 Å². The van der Waals surface area contributed by atoms with Crippen LogP contribution in [0, 0.1) is 0 Å². The van der Waals surface area contributed by atoms with Crippen LogP contribution in [-0.2, 0) is 20.9 Å². The number of benzene rings is 1. The minimum absolute atomic E-state index is 0.159. The Bertz CT molecular complexity index is 532. The van der Waals surface area contributed by atoms with Crippen LogP contribution in [0.5, 0.6) is 0 Å². The van der Waals surface area contributed by atoms with Crippen LogP contribution in [0.4, 0.5) is 0 Å². The Hall–Kier alpha value is -1.92. The van der Waals surface area contributed by atoms with Gasteiger partial charge < -0.3 is 20.5 Å². The number of fused-ring (bicyclic) bond motifs is 1. The van der Waals surface area contributed by atoms with Crippen molar-refractivity contribution in [1.29, 1.82) is 0 Å². The first-order valence-electron chi connectivity index (χ1n) is 6.88. The van der Waals surface area contributed by atoms with Crippen LogP contribution in [0.25, 0.3) is 0 Å². The van der Waals surface area contributed by atoms with Crippen LogP contribution < -0.4 is 5.73 Å². The van der Waals surface area contributed by atoms with Gasteiger partial charge in [-0.05, 0) is 17.5 Å². The molecule has 21 heavy (non-hydrogen) atoms. The van der Waals surface area contributed by atoms with Gasteiger partial charge in [0, 0.05) is 26.8 Å². The predicted molar refractivity (Wildman–Crippen MR) is 76.7 cm³/mol. The van der Waals surface area contributed by atoms with Gasteiger partial charge in [-0.25, -0.2) is 0 Å². The van der Waals surface area contributed by atoms with E-state index in [1.807, 2.05) is 18.2 Å². The van der Waals surface area contributed by atoms with E-state index in [0.29, 0.717) is 19.6 Å². The number of nitrogens with zero attached hydrogens (tertiary/aromatic N) is 1. The number of aliphatic carboxylic acids is 1. The number of amides is 1. The zero-order valence-corrected chi connectivity index (χ0v) is 12.0. The number of methoxy groups -OCH3 is 1. The van der Waals surface area contributed by atoms with Gasteiger partial charge in [0.05, 0.1) is 12.0 Å². The molecule has 1 amide bonds. The summed E-state index contributed by atoms with van der Waals surface area (Å²) >= 11 is 0. The lowest BCUT2D eigenvalue weighted by molar-refractivity contribution is -0.141. The molecule has 6 nitrogen and oxygen atoms in total. The average Bonchev–Trinajstić information content (AvgIpc) is 2.50. The summed E-state index contributed by atoms with van der Waals surface area (Å²) in [7, 11) is 1.55. The molecular weight excluding hydrogens is 272 g/mol. The number of hydrogen-bond acceptors (Lipinski definition) is 4. The second kappa shape index (κ2) is 6.69. The van der Waals surface area contributed by atoms with Gasteiger partial charge in [0.25, 0.3) is 0 Å². The minimum atomic E-state index is -0.926. The molecule has 0 fully saturated rings. The molecule has 0 aromatic heterocycles. The maximum atomic E-state index is 12.3. The van der Waals surface area contributed by atoms with E-state index in [4.69, 9.17) is 10.5 Å². The van der Waals surface area contributed by atoms with E-state index in [1.165, 1.54) is 4.90 Å². The van der Waals surface area contributed by atoms with Crippen LogP contribution in [-0.4, -0.2) is 48.2 Å². The first kappa shape index (κ1) is 15.5. The summed E-state index contributed by atoms with van der Waals surface area (Å²) in [5.74, 6) is -1.85. The largest absolute Gasteiger partial charge is 0.481 e. The standard InChI is InChI=1S/C15H20N2O4/c1-21-7-6-13(16)14(18)17-8-10-4-2-3-5-11(10)12(9-17)15(19)20/h2-5,12-13H,6-9,16H2,1H3,(H,19,20). The molecule has 0 aliphatic carbocycles. The van der Waals surface area contributed by atoms with E-state index >= 15 is 0 Å². The third-order valence-corrected chi connectivity index (χ3v) is 3.75. The highest BCUT2D eigenvalue weighted by molar-refractivity contribution is 5.84. The summed E-state index contributed by atoms with van der Waals surface area (Å²) in [5.41, 5.74) is 7.50. The Morgan fingerprint density at radius 3 is 2.86 bits per heavy atom. The maximum absolute atomic E-state index is 12.3. The smallest absolute Gasteiger partial charge is 0.312 e. The number of carboxylic acid groups (broad SMARTS) is 1. The Labute approximate surface area is 123 Å². The van der Waals surface area contributed by atoms with Gasteiger partial charge in [-0.15, -0.1) is 0 Å². The van der Waals surface area contributed by atoms with Crippen molar-refractivity contribution in [3.05, 3.63) is 35.4 Å². The molecule has 0 saturated heterocycles. The van der Waals surface area contributed by atoms with Gasteiger partial charge in [-0.1, -0.05) is 24.3 Å². The van der Waals surface area contributed by atoms with Crippen molar-refractivity contribution in [2.45, 2.75) is 24.9 Å². The fourth-order valence-electron chi connectivity index (χ4n) is 2.59. The van der Waals surface area contributed by atoms with Gasteiger partial charge in [-0.2, -0.15) is 0 Å². The van der Waals surface area contributed by atoms with Crippen molar-refractivity contribution in [3.8, 4) is 0 Å². The Kier molecular flexibility index (Phi) is 4.93. The van der Waals surface area contributed by atoms with E-state index in [-0.39, 0.29) is 12.5 Å². The van der Waals surface area contributed by atoms with Crippen LogP contribution in [0.2, 0.25) is 0 Å². The fourth-order valence-corrected chi connectivity index (χ4v) is 2.59. The number of carboxylic acids is 1. The lowest BCUT2D eigenvalue weighted by Crippen LogP contribution is -2.48.